The Morgan fingerprint density at radius 3 is 2.07 bits per heavy atom. The molecule has 5 aliphatic rings. The summed E-state index contributed by atoms with van der Waals surface area (Å²) in [7, 11) is 0. The molecule has 0 aromatic rings. The zero-order valence-corrected chi connectivity index (χ0v) is 21.7. The van der Waals surface area contributed by atoms with Crippen LogP contribution in [0.15, 0.2) is 0 Å². The van der Waals surface area contributed by atoms with Crippen LogP contribution < -0.4 is 0 Å². The van der Waals surface area contributed by atoms with E-state index in [0.29, 0.717) is 27.1 Å². The second-order valence-electron chi connectivity index (χ2n) is 15.1. The summed E-state index contributed by atoms with van der Waals surface area (Å²) in [5.41, 5.74) is 2.92. The van der Waals surface area contributed by atoms with E-state index < -0.39 is 0 Å². The van der Waals surface area contributed by atoms with Crippen LogP contribution in [0.4, 0.5) is 0 Å². The van der Waals surface area contributed by atoms with Crippen LogP contribution in [0.25, 0.3) is 0 Å². The van der Waals surface area contributed by atoms with Crippen molar-refractivity contribution in [3.63, 3.8) is 0 Å². The molecule has 0 aliphatic heterocycles. The minimum atomic E-state index is 0.560. The predicted molar refractivity (Wildman–Crippen MR) is 129 cm³/mol. The molecule has 5 aliphatic carbocycles. The molecule has 5 fully saturated rings. The van der Waals surface area contributed by atoms with Crippen LogP contribution in [0.5, 0.6) is 0 Å². The van der Waals surface area contributed by atoms with Crippen molar-refractivity contribution in [3.8, 4) is 0 Å². The largest absolute Gasteiger partial charge is 0.0622 e. The van der Waals surface area contributed by atoms with E-state index in [9.17, 15) is 0 Å². The van der Waals surface area contributed by atoms with Crippen molar-refractivity contribution >= 4 is 0 Å². The molecule has 5 saturated carbocycles. The standard InChI is InChI=1S/C30H52/c1-20-12-16-27(5)18-19-29(7)22(25(27)21(20)2)10-11-24-28(6)15-9-14-26(3,4)23(28)13-17-30(24,29)8/h20-25H,9-19H2,1-8H3/t20-,21+,22-,23?,24-,25-,27-,28+,29-,30-/m1/s1. The first-order chi connectivity index (χ1) is 13.9. The van der Waals surface area contributed by atoms with Gasteiger partial charge in [-0.2, -0.15) is 0 Å². The Labute approximate surface area is 188 Å². The fourth-order valence-corrected chi connectivity index (χ4v) is 11.8. The van der Waals surface area contributed by atoms with E-state index in [-0.39, 0.29) is 0 Å². The van der Waals surface area contributed by atoms with E-state index in [1.165, 1.54) is 70.6 Å². The molecule has 0 aromatic heterocycles. The van der Waals surface area contributed by atoms with Gasteiger partial charge in [-0.3, -0.25) is 0 Å². The smallest absolute Gasteiger partial charge is 0.0235 e. The van der Waals surface area contributed by atoms with Crippen LogP contribution in [0.3, 0.4) is 0 Å². The van der Waals surface area contributed by atoms with Gasteiger partial charge in [-0.1, -0.05) is 61.8 Å². The van der Waals surface area contributed by atoms with Crippen LogP contribution in [0.1, 0.15) is 126 Å². The summed E-state index contributed by atoms with van der Waals surface area (Å²) >= 11 is 0. The van der Waals surface area contributed by atoms with Gasteiger partial charge in [-0.25, -0.2) is 0 Å². The Balaban J connectivity index is 1.54. The molecule has 0 N–H and O–H groups in total. The van der Waals surface area contributed by atoms with Crippen LogP contribution >= 0.6 is 0 Å². The maximum atomic E-state index is 2.81. The lowest BCUT2D eigenvalue weighted by molar-refractivity contribution is -0.247. The van der Waals surface area contributed by atoms with Gasteiger partial charge in [0.05, 0.1) is 0 Å². The lowest BCUT2D eigenvalue weighted by atomic mass is 9.31. The average Bonchev–Trinajstić information content (AvgIpc) is 2.65. The number of rotatable bonds is 0. The monoisotopic (exact) mass is 412 g/mol. The van der Waals surface area contributed by atoms with Crippen molar-refractivity contribution in [2.75, 3.05) is 0 Å². The molecule has 0 amide bonds. The molecule has 10 atom stereocenters. The quantitative estimate of drug-likeness (QED) is 0.372. The van der Waals surface area contributed by atoms with E-state index in [1.54, 1.807) is 0 Å². The van der Waals surface area contributed by atoms with Crippen molar-refractivity contribution < 1.29 is 0 Å². The van der Waals surface area contributed by atoms with Crippen molar-refractivity contribution in [1.29, 1.82) is 0 Å². The molecule has 0 bridgehead atoms. The maximum absolute atomic E-state index is 2.81. The highest BCUT2D eigenvalue weighted by molar-refractivity contribution is 5.17. The SMILES string of the molecule is C[C@@H]1[C@@H]2[C@H]3CC[C@@H]4[C@@]5(C)CCCC(C)(C)C5CC[C@@]4(C)[C@]3(C)CC[C@@]2(C)CC[C@H]1C. The first kappa shape index (κ1) is 21.8. The van der Waals surface area contributed by atoms with E-state index in [4.69, 9.17) is 0 Å². The summed E-state index contributed by atoms with van der Waals surface area (Å²) in [5, 5.41) is 0. The van der Waals surface area contributed by atoms with E-state index in [1.807, 2.05) is 0 Å². The predicted octanol–water partition coefficient (Wildman–Crippen LogP) is 9.13. The number of hydrogen-bond donors (Lipinski definition) is 0. The molecule has 0 radical (unpaired) electrons. The van der Waals surface area contributed by atoms with Gasteiger partial charge in [-0.05, 0) is 127 Å². The van der Waals surface area contributed by atoms with Crippen molar-refractivity contribution in [3.05, 3.63) is 0 Å². The molecule has 0 saturated heterocycles. The Hall–Kier alpha value is 0. The molecule has 0 aromatic carbocycles. The van der Waals surface area contributed by atoms with E-state index >= 15 is 0 Å². The molecule has 0 heterocycles. The van der Waals surface area contributed by atoms with Crippen molar-refractivity contribution in [2.24, 2.45) is 62.6 Å². The minimum Gasteiger partial charge on any atom is -0.0622 e. The fraction of sp³-hybridized carbons (Fsp3) is 1.00. The van der Waals surface area contributed by atoms with E-state index in [2.05, 4.69) is 55.4 Å². The molecular weight excluding hydrogens is 360 g/mol. The molecule has 30 heavy (non-hydrogen) atoms. The molecule has 0 spiro atoms. The van der Waals surface area contributed by atoms with Gasteiger partial charge >= 0.3 is 0 Å². The second-order valence-corrected chi connectivity index (χ2v) is 15.1. The van der Waals surface area contributed by atoms with Crippen molar-refractivity contribution in [2.45, 2.75) is 126 Å². The molecule has 1 unspecified atom stereocenters. The third kappa shape index (κ3) is 2.58. The normalized spacial score (nSPS) is 60.0. The van der Waals surface area contributed by atoms with Gasteiger partial charge in [0.1, 0.15) is 0 Å². The van der Waals surface area contributed by atoms with Gasteiger partial charge in [0, 0.05) is 0 Å². The highest BCUT2D eigenvalue weighted by Crippen LogP contribution is 2.76. The summed E-state index contributed by atoms with van der Waals surface area (Å²) in [6.07, 6.45) is 16.6. The Morgan fingerprint density at radius 2 is 1.33 bits per heavy atom. The lowest BCUT2D eigenvalue weighted by Crippen LogP contribution is -2.66. The van der Waals surface area contributed by atoms with Crippen LogP contribution in [-0.2, 0) is 0 Å². The topological polar surface area (TPSA) is 0 Å². The third-order valence-electron chi connectivity index (χ3n) is 13.8. The Kier molecular flexibility index (Phi) is 4.75. The van der Waals surface area contributed by atoms with E-state index in [0.717, 1.165) is 35.5 Å². The summed E-state index contributed by atoms with van der Waals surface area (Å²) in [6.45, 7) is 21.5. The molecule has 172 valence electrons. The summed E-state index contributed by atoms with van der Waals surface area (Å²) < 4.78 is 0. The van der Waals surface area contributed by atoms with Crippen LogP contribution in [0, 0.1) is 62.6 Å². The highest BCUT2D eigenvalue weighted by Gasteiger charge is 2.69. The lowest BCUT2D eigenvalue weighted by Gasteiger charge is -2.73. The van der Waals surface area contributed by atoms with Gasteiger partial charge in [0.2, 0.25) is 0 Å². The maximum Gasteiger partial charge on any atom is -0.0235 e. The zero-order valence-electron chi connectivity index (χ0n) is 21.7. The van der Waals surface area contributed by atoms with Crippen LogP contribution in [0.2, 0.25) is 0 Å². The zero-order chi connectivity index (χ0) is 21.7. The highest BCUT2D eigenvalue weighted by atomic mass is 14.7. The third-order valence-corrected chi connectivity index (χ3v) is 13.8. The minimum absolute atomic E-state index is 0.560. The fourth-order valence-electron chi connectivity index (χ4n) is 11.8. The molecule has 0 heteroatoms. The molecular formula is C30H52. The van der Waals surface area contributed by atoms with Gasteiger partial charge < -0.3 is 0 Å². The number of hydrogen-bond acceptors (Lipinski definition) is 0. The van der Waals surface area contributed by atoms with Crippen LogP contribution in [-0.4, -0.2) is 0 Å². The first-order valence-corrected chi connectivity index (χ1v) is 13.9. The summed E-state index contributed by atoms with van der Waals surface area (Å²) in [4.78, 5) is 0. The Bertz CT molecular complexity index is 690. The molecule has 5 rings (SSSR count). The van der Waals surface area contributed by atoms with Gasteiger partial charge in [0.15, 0.2) is 0 Å². The summed E-state index contributed by atoms with van der Waals surface area (Å²) in [5.74, 6) is 5.74. The summed E-state index contributed by atoms with van der Waals surface area (Å²) in [6, 6.07) is 0. The van der Waals surface area contributed by atoms with Crippen molar-refractivity contribution in [1.82, 2.24) is 0 Å². The average molecular weight is 413 g/mol. The second kappa shape index (κ2) is 6.53. The van der Waals surface area contributed by atoms with Gasteiger partial charge in [0.25, 0.3) is 0 Å². The molecule has 0 nitrogen and oxygen atoms in total. The Morgan fingerprint density at radius 1 is 0.600 bits per heavy atom. The van der Waals surface area contributed by atoms with Gasteiger partial charge in [-0.15, -0.1) is 0 Å². The number of fused-ring (bicyclic) bond motifs is 7. The first-order valence-electron chi connectivity index (χ1n) is 13.9.